The molecule has 1 aliphatic heterocycles. The summed E-state index contributed by atoms with van der Waals surface area (Å²) in [6, 6.07) is 3.11. The van der Waals surface area contributed by atoms with Crippen LogP contribution in [0.1, 0.15) is 51.3 Å². The number of aliphatic hydroxyl groups is 1. The van der Waals surface area contributed by atoms with Gasteiger partial charge in [0.25, 0.3) is 0 Å². The Kier molecular flexibility index (Phi) is 3.02. The summed E-state index contributed by atoms with van der Waals surface area (Å²) in [5, 5.41) is 9.91. The summed E-state index contributed by atoms with van der Waals surface area (Å²) in [6.45, 7) is 7.97. The Morgan fingerprint density at radius 2 is 1.80 bits per heavy atom. The molecule has 1 aromatic carbocycles. The Morgan fingerprint density at radius 3 is 2.40 bits per heavy atom. The van der Waals surface area contributed by atoms with Gasteiger partial charge in [0.15, 0.2) is 0 Å². The van der Waals surface area contributed by atoms with Gasteiger partial charge in [0.1, 0.15) is 5.82 Å². The molecule has 0 bridgehead atoms. The number of aliphatic hydroxyl groups excluding tert-OH is 1. The van der Waals surface area contributed by atoms with Gasteiger partial charge in [-0.15, -0.1) is 0 Å². The molecule has 108 valence electrons. The zero-order chi connectivity index (χ0) is 14.7. The van der Waals surface area contributed by atoms with E-state index in [1.165, 1.54) is 6.07 Å². The molecular formula is C15H20BFO3. The third-order valence-electron chi connectivity index (χ3n) is 4.85. The summed E-state index contributed by atoms with van der Waals surface area (Å²) in [5.74, 6) is -0.342. The van der Waals surface area contributed by atoms with Crippen molar-refractivity contribution in [1.82, 2.24) is 0 Å². The van der Waals surface area contributed by atoms with Crippen molar-refractivity contribution < 1.29 is 18.8 Å². The molecule has 3 rings (SSSR count). The molecule has 1 heterocycles. The molecule has 1 aromatic rings. The van der Waals surface area contributed by atoms with Gasteiger partial charge in [-0.2, -0.15) is 0 Å². The van der Waals surface area contributed by atoms with Crippen LogP contribution in [0.25, 0.3) is 0 Å². The van der Waals surface area contributed by atoms with Crippen LogP contribution in [-0.2, 0) is 15.7 Å². The second kappa shape index (κ2) is 4.29. The monoisotopic (exact) mass is 278 g/mol. The number of hydrogen-bond acceptors (Lipinski definition) is 3. The average Bonchev–Trinajstić information content (AvgIpc) is 2.80. The first-order valence-electron chi connectivity index (χ1n) is 7.08. The number of benzene rings is 1. The molecule has 1 fully saturated rings. The molecule has 3 nitrogen and oxygen atoms in total. The maximum absolute atomic E-state index is 13.9. The summed E-state index contributed by atoms with van der Waals surface area (Å²) < 4.78 is 25.9. The van der Waals surface area contributed by atoms with E-state index < -0.39 is 24.4 Å². The average molecular weight is 278 g/mol. The minimum absolute atomic E-state index is 0.342. The van der Waals surface area contributed by atoms with E-state index in [0.717, 1.165) is 11.0 Å². The van der Waals surface area contributed by atoms with Crippen molar-refractivity contribution in [2.75, 3.05) is 0 Å². The normalized spacial score (nSPS) is 26.9. The van der Waals surface area contributed by atoms with E-state index in [-0.39, 0.29) is 5.82 Å². The lowest BCUT2D eigenvalue weighted by molar-refractivity contribution is 0.00578. The van der Waals surface area contributed by atoms with Crippen LogP contribution in [0.5, 0.6) is 0 Å². The van der Waals surface area contributed by atoms with Crippen LogP contribution < -0.4 is 5.46 Å². The molecule has 2 aliphatic rings. The maximum Gasteiger partial charge on any atom is 0.495 e. The first-order valence-corrected chi connectivity index (χ1v) is 7.08. The molecular weight excluding hydrogens is 258 g/mol. The number of fused-ring (bicyclic) bond motifs is 1. The van der Waals surface area contributed by atoms with Gasteiger partial charge < -0.3 is 14.4 Å². The number of hydrogen-bond donors (Lipinski definition) is 1. The number of halogens is 1. The standard InChI is InChI=1S/C15H20BFO3/c1-14(2)15(3,4)20-16(19-14)10-6-7-11(17)13-9(10)5-8-12(13)18/h6-7,12,18H,5,8H2,1-4H3/t12-/m0/s1. The molecule has 1 N–H and O–H groups in total. The van der Waals surface area contributed by atoms with E-state index in [1.807, 2.05) is 27.7 Å². The zero-order valence-electron chi connectivity index (χ0n) is 12.4. The van der Waals surface area contributed by atoms with Gasteiger partial charge in [-0.25, -0.2) is 4.39 Å². The third-order valence-corrected chi connectivity index (χ3v) is 4.85. The van der Waals surface area contributed by atoms with E-state index in [1.54, 1.807) is 6.07 Å². The molecule has 1 saturated heterocycles. The molecule has 5 heteroatoms. The van der Waals surface area contributed by atoms with Crippen LogP contribution in [0.3, 0.4) is 0 Å². The van der Waals surface area contributed by atoms with Gasteiger partial charge in [0.2, 0.25) is 0 Å². The summed E-state index contributed by atoms with van der Waals surface area (Å²) in [7, 11) is -0.500. The summed E-state index contributed by atoms with van der Waals surface area (Å²) in [5.41, 5.74) is 1.26. The molecule has 0 radical (unpaired) electrons. The SMILES string of the molecule is CC1(C)OB(c2ccc(F)c3c2CC[C@@H]3O)OC1(C)C. The Balaban J connectivity index is 2.02. The first kappa shape index (κ1) is 14.0. The van der Waals surface area contributed by atoms with E-state index in [0.29, 0.717) is 18.4 Å². The molecule has 20 heavy (non-hydrogen) atoms. The predicted molar refractivity (Wildman–Crippen MR) is 75.4 cm³/mol. The van der Waals surface area contributed by atoms with E-state index in [4.69, 9.17) is 9.31 Å². The van der Waals surface area contributed by atoms with Gasteiger partial charge in [-0.3, -0.25) is 0 Å². The van der Waals surface area contributed by atoms with Gasteiger partial charge >= 0.3 is 7.12 Å². The highest BCUT2D eigenvalue weighted by molar-refractivity contribution is 6.62. The van der Waals surface area contributed by atoms with Gasteiger partial charge in [0, 0.05) is 5.56 Å². The smallest absolute Gasteiger partial charge is 0.399 e. The molecule has 0 spiro atoms. The van der Waals surface area contributed by atoms with Gasteiger partial charge in [-0.05, 0) is 57.6 Å². The van der Waals surface area contributed by atoms with E-state index >= 15 is 0 Å². The minimum atomic E-state index is -0.715. The van der Waals surface area contributed by atoms with Gasteiger partial charge in [0.05, 0.1) is 17.3 Å². The lowest BCUT2D eigenvalue weighted by atomic mass is 9.75. The molecule has 1 aliphatic carbocycles. The van der Waals surface area contributed by atoms with Crippen molar-refractivity contribution in [3.05, 3.63) is 29.1 Å². The highest BCUT2D eigenvalue weighted by Gasteiger charge is 2.52. The van der Waals surface area contributed by atoms with Crippen molar-refractivity contribution in [3.63, 3.8) is 0 Å². The Bertz CT molecular complexity index is 540. The Morgan fingerprint density at radius 1 is 1.20 bits per heavy atom. The fourth-order valence-corrected chi connectivity index (χ4v) is 2.91. The Labute approximate surface area is 119 Å². The van der Waals surface area contributed by atoms with Crippen molar-refractivity contribution >= 4 is 12.6 Å². The first-order chi connectivity index (χ1) is 9.23. The predicted octanol–water partition coefficient (Wildman–Crippen LogP) is 2.10. The van der Waals surface area contributed by atoms with Crippen LogP contribution in [0.4, 0.5) is 4.39 Å². The lowest BCUT2D eigenvalue weighted by Gasteiger charge is -2.32. The molecule has 0 aromatic heterocycles. The maximum atomic E-state index is 13.9. The highest BCUT2D eigenvalue weighted by Crippen LogP contribution is 2.38. The summed E-state index contributed by atoms with van der Waals surface area (Å²) >= 11 is 0. The van der Waals surface area contributed by atoms with Crippen molar-refractivity contribution in [2.24, 2.45) is 0 Å². The molecule has 0 saturated carbocycles. The topological polar surface area (TPSA) is 38.7 Å². The summed E-state index contributed by atoms with van der Waals surface area (Å²) in [6.07, 6.45) is 0.503. The van der Waals surface area contributed by atoms with E-state index in [2.05, 4.69) is 0 Å². The van der Waals surface area contributed by atoms with Crippen LogP contribution in [0.2, 0.25) is 0 Å². The molecule has 1 atom stereocenters. The van der Waals surface area contributed by atoms with Crippen LogP contribution in [0, 0.1) is 5.82 Å². The van der Waals surface area contributed by atoms with Gasteiger partial charge in [-0.1, -0.05) is 6.07 Å². The Hall–Kier alpha value is -0.905. The summed E-state index contributed by atoms with van der Waals surface area (Å²) in [4.78, 5) is 0. The van der Waals surface area contributed by atoms with Crippen LogP contribution in [-0.4, -0.2) is 23.4 Å². The third kappa shape index (κ3) is 1.91. The molecule has 0 amide bonds. The highest BCUT2D eigenvalue weighted by atomic mass is 19.1. The minimum Gasteiger partial charge on any atom is -0.399 e. The second-order valence-corrected chi connectivity index (χ2v) is 6.67. The van der Waals surface area contributed by atoms with Crippen LogP contribution >= 0.6 is 0 Å². The quantitative estimate of drug-likeness (QED) is 0.800. The van der Waals surface area contributed by atoms with Crippen molar-refractivity contribution in [2.45, 2.75) is 57.8 Å². The second-order valence-electron chi connectivity index (χ2n) is 6.67. The fraction of sp³-hybridized carbons (Fsp3) is 0.600. The lowest BCUT2D eigenvalue weighted by Crippen LogP contribution is -2.41. The zero-order valence-corrected chi connectivity index (χ0v) is 12.4. The van der Waals surface area contributed by atoms with E-state index in [9.17, 15) is 9.50 Å². The van der Waals surface area contributed by atoms with Crippen molar-refractivity contribution in [1.29, 1.82) is 0 Å². The molecule has 0 unspecified atom stereocenters. The largest absolute Gasteiger partial charge is 0.495 e. The fourth-order valence-electron chi connectivity index (χ4n) is 2.91. The van der Waals surface area contributed by atoms with Crippen LogP contribution in [0.15, 0.2) is 12.1 Å². The van der Waals surface area contributed by atoms with Crippen molar-refractivity contribution in [3.8, 4) is 0 Å². The number of rotatable bonds is 1.